The van der Waals surface area contributed by atoms with Crippen LogP contribution in [0.1, 0.15) is 16.8 Å². The second-order valence-electron chi connectivity index (χ2n) is 4.33. The standard InChI is InChI=1S/C14H17F2NO5/c1-21-6-7-22-11-5-3-2-4-9(11)13(18)17-10(14(19)20)8-12(15)16/h2-5,10,12H,6-8H2,1H3,(H,17,18)(H,19,20). The van der Waals surface area contributed by atoms with Crippen LogP contribution in [0.4, 0.5) is 8.78 Å². The number of amides is 1. The van der Waals surface area contributed by atoms with Crippen LogP contribution in [-0.4, -0.2) is 49.8 Å². The van der Waals surface area contributed by atoms with Gasteiger partial charge in [0.2, 0.25) is 6.43 Å². The fraction of sp³-hybridized carbons (Fsp3) is 0.429. The summed E-state index contributed by atoms with van der Waals surface area (Å²) in [6, 6.07) is 4.46. The molecular weight excluding hydrogens is 300 g/mol. The number of rotatable bonds is 9. The van der Waals surface area contributed by atoms with Gasteiger partial charge in [0.25, 0.3) is 5.91 Å². The Morgan fingerprint density at radius 3 is 2.55 bits per heavy atom. The molecule has 0 bridgehead atoms. The minimum Gasteiger partial charge on any atom is -0.490 e. The van der Waals surface area contributed by atoms with Gasteiger partial charge in [0, 0.05) is 13.5 Å². The fourth-order valence-electron chi connectivity index (χ4n) is 1.65. The van der Waals surface area contributed by atoms with Crippen LogP contribution in [0.2, 0.25) is 0 Å². The molecule has 122 valence electrons. The number of aliphatic carboxylic acids is 1. The number of carbonyl (C=O) groups is 2. The third-order valence-corrected chi connectivity index (χ3v) is 2.69. The number of carbonyl (C=O) groups excluding carboxylic acids is 1. The molecule has 0 saturated carbocycles. The van der Waals surface area contributed by atoms with Crippen molar-refractivity contribution in [3.8, 4) is 5.75 Å². The third-order valence-electron chi connectivity index (χ3n) is 2.69. The summed E-state index contributed by atoms with van der Waals surface area (Å²) in [5, 5.41) is 10.9. The Morgan fingerprint density at radius 1 is 1.27 bits per heavy atom. The topological polar surface area (TPSA) is 84.9 Å². The van der Waals surface area contributed by atoms with Crippen molar-refractivity contribution < 1.29 is 33.0 Å². The lowest BCUT2D eigenvalue weighted by Crippen LogP contribution is -2.42. The molecule has 6 nitrogen and oxygen atoms in total. The summed E-state index contributed by atoms with van der Waals surface area (Å²) in [6.07, 6.45) is -3.80. The van der Waals surface area contributed by atoms with Crippen molar-refractivity contribution in [1.82, 2.24) is 5.32 Å². The largest absolute Gasteiger partial charge is 0.490 e. The zero-order chi connectivity index (χ0) is 16.5. The molecule has 0 aliphatic carbocycles. The molecule has 2 N–H and O–H groups in total. The molecule has 0 heterocycles. The number of ether oxygens (including phenoxy) is 2. The van der Waals surface area contributed by atoms with Crippen LogP contribution in [0.25, 0.3) is 0 Å². The highest BCUT2D eigenvalue weighted by Crippen LogP contribution is 2.18. The zero-order valence-corrected chi connectivity index (χ0v) is 11.9. The van der Waals surface area contributed by atoms with Crippen LogP contribution in [0, 0.1) is 0 Å². The molecule has 0 spiro atoms. The van der Waals surface area contributed by atoms with Crippen molar-refractivity contribution in [2.24, 2.45) is 0 Å². The number of benzene rings is 1. The first-order valence-corrected chi connectivity index (χ1v) is 6.48. The number of carboxylic acid groups (broad SMARTS) is 1. The van der Waals surface area contributed by atoms with Gasteiger partial charge in [-0.2, -0.15) is 0 Å². The number of para-hydroxylation sites is 1. The van der Waals surface area contributed by atoms with Crippen LogP contribution in [0.5, 0.6) is 5.75 Å². The first kappa shape index (κ1) is 17.8. The van der Waals surface area contributed by atoms with Crippen molar-refractivity contribution in [3.05, 3.63) is 29.8 Å². The average Bonchev–Trinajstić information content (AvgIpc) is 2.46. The molecule has 0 saturated heterocycles. The molecule has 0 fully saturated rings. The van der Waals surface area contributed by atoms with Gasteiger partial charge in [0.15, 0.2) is 0 Å². The average molecular weight is 317 g/mol. The minimum atomic E-state index is -2.84. The first-order valence-electron chi connectivity index (χ1n) is 6.48. The van der Waals surface area contributed by atoms with Crippen LogP contribution in [0.3, 0.4) is 0 Å². The number of nitrogens with one attached hydrogen (secondary N) is 1. The van der Waals surface area contributed by atoms with Gasteiger partial charge in [-0.1, -0.05) is 12.1 Å². The van der Waals surface area contributed by atoms with E-state index in [-0.39, 0.29) is 17.9 Å². The second kappa shape index (κ2) is 8.93. The highest BCUT2D eigenvalue weighted by atomic mass is 19.3. The maximum Gasteiger partial charge on any atom is 0.326 e. The Balaban J connectivity index is 2.81. The molecule has 1 atom stereocenters. The molecule has 22 heavy (non-hydrogen) atoms. The number of methoxy groups -OCH3 is 1. The Kier molecular flexibility index (Phi) is 7.24. The van der Waals surface area contributed by atoms with E-state index in [0.29, 0.717) is 6.61 Å². The van der Waals surface area contributed by atoms with Gasteiger partial charge in [-0.05, 0) is 12.1 Å². The number of halogens is 2. The van der Waals surface area contributed by atoms with E-state index >= 15 is 0 Å². The van der Waals surface area contributed by atoms with E-state index in [9.17, 15) is 18.4 Å². The SMILES string of the molecule is COCCOc1ccccc1C(=O)NC(CC(F)F)C(=O)O. The lowest BCUT2D eigenvalue weighted by molar-refractivity contribution is -0.140. The summed E-state index contributed by atoms with van der Waals surface area (Å²) in [5.74, 6) is -2.09. The molecule has 0 aliphatic rings. The van der Waals surface area contributed by atoms with Gasteiger partial charge < -0.3 is 19.9 Å². The number of alkyl halides is 2. The summed E-state index contributed by atoms with van der Waals surface area (Å²) in [7, 11) is 1.49. The van der Waals surface area contributed by atoms with E-state index in [1.165, 1.54) is 19.2 Å². The van der Waals surface area contributed by atoms with E-state index in [1.54, 1.807) is 12.1 Å². The second-order valence-corrected chi connectivity index (χ2v) is 4.33. The van der Waals surface area contributed by atoms with Crippen LogP contribution < -0.4 is 10.1 Å². The number of carboxylic acids is 1. The molecule has 1 rings (SSSR count). The monoisotopic (exact) mass is 317 g/mol. The predicted molar refractivity (Wildman–Crippen MR) is 73.3 cm³/mol. The lowest BCUT2D eigenvalue weighted by Gasteiger charge is -2.16. The van der Waals surface area contributed by atoms with Crippen molar-refractivity contribution in [2.75, 3.05) is 20.3 Å². The molecular formula is C14H17F2NO5. The summed E-state index contributed by atoms with van der Waals surface area (Å²) < 4.78 is 34.8. The Hall–Kier alpha value is -2.22. The Labute approximate surface area is 126 Å². The molecule has 1 aromatic rings. The van der Waals surface area contributed by atoms with Crippen LogP contribution in [0.15, 0.2) is 24.3 Å². The van der Waals surface area contributed by atoms with Gasteiger partial charge >= 0.3 is 5.97 Å². The molecule has 0 aromatic heterocycles. The summed E-state index contributed by atoms with van der Waals surface area (Å²) in [5.41, 5.74) is 0.0686. The quantitative estimate of drug-likeness (QED) is 0.675. The van der Waals surface area contributed by atoms with E-state index in [4.69, 9.17) is 14.6 Å². The minimum absolute atomic E-state index is 0.0686. The van der Waals surface area contributed by atoms with Gasteiger partial charge in [-0.25, -0.2) is 13.6 Å². The normalized spacial score (nSPS) is 12.0. The van der Waals surface area contributed by atoms with Crippen molar-refractivity contribution >= 4 is 11.9 Å². The molecule has 1 aromatic carbocycles. The van der Waals surface area contributed by atoms with Crippen molar-refractivity contribution in [2.45, 2.75) is 18.9 Å². The lowest BCUT2D eigenvalue weighted by atomic mass is 10.1. The van der Waals surface area contributed by atoms with Crippen LogP contribution in [-0.2, 0) is 9.53 Å². The van der Waals surface area contributed by atoms with Gasteiger partial charge in [0.05, 0.1) is 12.2 Å². The third kappa shape index (κ3) is 5.65. The summed E-state index contributed by atoms with van der Waals surface area (Å²) in [6.45, 7) is 0.499. The van der Waals surface area contributed by atoms with E-state index in [1.807, 2.05) is 0 Å². The van der Waals surface area contributed by atoms with Crippen molar-refractivity contribution in [1.29, 1.82) is 0 Å². The Bertz CT molecular complexity index is 510. The highest BCUT2D eigenvalue weighted by molar-refractivity contribution is 5.98. The number of hydrogen-bond donors (Lipinski definition) is 2. The predicted octanol–water partition coefficient (Wildman–Crippen LogP) is 1.55. The molecule has 1 amide bonds. The zero-order valence-electron chi connectivity index (χ0n) is 11.9. The number of hydrogen-bond acceptors (Lipinski definition) is 4. The first-order chi connectivity index (χ1) is 10.5. The molecule has 0 radical (unpaired) electrons. The van der Waals surface area contributed by atoms with E-state index in [2.05, 4.69) is 5.32 Å². The fourth-order valence-corrected chi connectivity index (χ4v) is 1.65. The maximum absolute atomic E-state index is 12.3. The van der Waals surface area contributed by atoms with Gasteiger partial charge in [-0.3, -0.25) is 4.79 Å². The Morgan fingerprint density at radius 2 is 1.95 bits per heavy atom. The maximum atomic E-state index is 12.3. The molecule has 1 unspecified atom stereocenters. The summed E-state index contributed by atoms with van der Waals surface area (Å²) in [4.78, 5) is 23.0. The van der Waals surface area contributed by atoms with Gasteiger partial charge in [0.1, 0.15) is 18.4 Å². The smallest absolute Gasteiger partial charge is 0.326 e. The summed E-state index contributed by atoms with van der Waals surface area (Å²) >= 11 is 0. The van der Waals surface area contributed by atoms with E-state index < -0.39 is 30.8 Å². The van der Waals surface area contributed by atoms with Crippen LogP contribution >= 0.6 is 0 Å². The van der Waals surface area contributed by atoms with E-state index in [0.717, 1.165) is 0 Å². The molecule has 0 aliphatic heterocycles. The van der Waals surface area contributed by atoms with Gasteiger partial charge in [-0.15, -0.1) is 0 Å². The molecule has 8 heteroatoms. The van der Waals surface area contributed by atoms with Crippen molar-refractivity contribution in [3.63, 3.8) is 0 Å². The highest BCUT2D eigenvalue weighted by Gasteiger charge is 2.25.